The fourth-order valence-electron chi connectivity index (χ4n) is 1.29. The van der Waals surface area contributed by atoms with Crippen molar-refractivity contribution < 1.29 is 0 Å². The number of aromatic nitrogens is 2. The molecule has 84 valence electrons. The van der Waals surface area contributed by atoms with Crippen molar-refractivity contribution in [3.8, 4) is 0 Å². The summed E-state index contributed by atoms with van der Waals surface area (Å²) in [5.41, 5.74) is 5.69. The number of nitrogens with one attached hydrogen (secondary N) is 1. The maximum Gasteiger partial charge on any atom is 0.132 e. The third kappa shape index (κ3) is 3.95. The van der Waals surface area contributed by atoms with Crippen LogP contribution in [0.4, 0.5) is 11.6 Å². The van der Waals surface area contributed by atoms with Crippen molar-refractivity contribution in [1.82, 2.24) is 9.97 Å². The molecule has 0 amide bonds. The first-order valence-electron chi connectivity index (χ1n) is 5.04. The molecular weight excluding hydrogens is 208 g/mol. The number of hydrogen-bond donors (Lipinski definition) is 2. The van der Waals surface area contributed by atoms with Gasteiger partial charge in [0.05, 0.1) is 0 Å². The summed E-state index contributed by atoms with van der Waals surface area (Å²) >= 11 is 1.81. The van der Waals surface area contributed by atoms with Gasteiger partial charge in [0, 0.05) is 24.3 Å². The molecule has 0 aromatic carbocycles. The Morgan fingerprint density at radius 2 is 2.27 bits per heavy atom. The smallest absolute Gasteiger partial charge is 0.132 e. The molecule has 4 nitrogen and oxygen atoms in total. The van der Waals surface area contributed by atoms with Crippen LogP contribution in [0.5, 0.6) is 0 Å². The van der Waals surface area contributed by atoms with Crippen LogP contribution in [0.15, 0.2) is 6.07 Å². The number of rotatable bonds is 5. The Labute approximate surface area is 95.1 Å². The van der Waals surface area contributed by atoms with Crippen molar-refractivity contribution in [2.24, 2.45) is 0 Å². The Bertz CT molecular complexity index is 316. The summed E-state index contributed by atoms with van der Waals surface area (Å²) in [7, 11) is 0. The van der Waals surface area contributed by atoms with Gasteiger partial charge in [0.15, 0.2) is 0 Å². The minimum Gasteiger partial charge on any atom is -0.384 e. The lowest BCUT2D eigenvalue weighted by molar-refractivity contribution is 0.880. The molecule has 1 rings (SSSR count). The van der Waals surface area contributed by atoms with Crippen LogP contribution in [0.25, 0.3) is 0 Å². The molecule has 1 unspecified atom stereocenters. The van der Waals surface area contributed by atoms with E-state index in [-0.39, 0.29) is 0 Å². The van der Waals surface area contributed by atoms with E-state index < -0.39 is 0 Å². The summed E-state index contributed by atoms with van der Waals surface area (Å²) < 4.78 is 0. The van der Waals surface area contributed by atoms with Crippen LogP contribution in [0.1, 0.15) is 19.7 Å². The Morgan fingerprint density at radius 3 is 2.87 bits per heavy atom. The lowest BCUT2D eigenvalue weighted by atomic mass is 10.3. The first-order chi connectivity index (χ1) is 7.15. The van der Waals surface area contributed by atoms with E-state index in [2.05, 4.69) is 28.5 Å². The zero-order valence-electron chi connectivity index (χ0n) is 9.45. The van der Waals surface area contributed by atoms with Gasteiger partial charge in [0.25, 0.3) is 0 Å². The number of nitrogens with two attached hydrogens (primary N) is 1. The summed E-state index contributed by atoms with van der Waals surface area (Å²) in [6.45, 7) is 4.14. The summed E-state index contributed by atoms with van der Waals surface area (Å²) in [6.07, 6.45) is 2.89. The van der Waals surface area contributed by atoms with Crippen LogP contribution >= 0.6 is 11.8 Å². The highest BCUT2D eigenvalue weighted by Crippen LogP contribution is 2.11. The molecule has 1 atom stereocenters. The fraction of sp³-hybridized carbons (Fsp3) is 0.600. The summed E-state index contributed by atoms with van der Waals surface area (Å²) in [5, 5.41) is 3.31. The maximum absolute atomic E-state index is 5.69. The minimum absolute atomic E-state index is 0.388. The third-order valence-corrected chi connectivity index (χ3v) is 2.75. The molecule has 1 heterocycles. The van der Waals surface area contributed by atoms with Gasteiger partial charge in [0.2, 0.25) is 0 Å². The largest absolute Gasteiger partial charge is 0.384 e. The Balaban J connectivity index is 2.71. The van der Waals surface area contributed by atoms with Crippen molar-refractivity contribution in [1.29, 1.82) is 0 Å². The van der Waals surface area contributed by atoms with Crippen molar-refractivity contribution >= 4 is 23.4 Å². The fourth-order valence-corrected chi connectivity index (χ4v) is 1.88. The van der Waals surface area contributed by atoms with Crippen molar-refractivity contribution in [2.45, 2.75) is 26.3 Å². The second kappa shape index (κ2) is 5.80. The van der Waals surface area contributed by atoms with Crippen molar-refractivity contribution in [2.75, 3.05) is 23.1 Å². The molecular formula is C10H18N4S. The highest BCUT2D eigenvalue weighted by Gasteiger charge is 2.04. The minimum atomic E-state index is 0.388. The van der Waals surface area contributed by atoms with Gasteiger partial charge < -0.3 is 11.1 Å². The van der Waals surface area contributed by atoms with E-state index in [1.165, 1.54) is 0 Å². The van der Waals surface area contributed by atoms with E-state index in [0.29, 0.717) is 11.9 Å². The molecule has 3 N–H and O–H groups in total. The predicted octanol–water partition coefficient (Wildman–Crippen LogP) is 1.78. The van der Waals surface area contributed by atoms with Crippen LogP contribution in [-0.2, 0) is 6.42 Å². The van der Waals surface area contributed by atoms with Gasteiger partial charge in [-0.25, -0.2) is 9.97 Å². The Kier molecular flexibility index (Phi) is 4.68. The van der Waals surface area contributed by atoms with Crippen molar-refractivity contribution in [3.63, 3.8) is 0 Å². The SMILES string of the molecule is CCc1nc(N)cc(NC(C)CSC)n1. The molecule has 0 spiro atoms. The summed E-state index contributed by atoms with van der Waals surface area (Å²) in [5.74, 6) is 3.18. The van der Waals surface area contributed by atoms with E-state index in [1.807, 2.05) is 6.92 Å². The van der Waals surface area contributed by atoms with Crippen LogP contribution in [-0.4, -0.2) is 28.0 Å². The molecule has 0 bridgehead atoms. The van der Waals surface area contributed by atoms with Gasteiger partial charge in [-0.1, -0.05) is 6.92 Å². The highest BCUT2D eigenvalue weighted by atomic mass is 32.2. The molecule has 1 aromatic rings. The first-order valence-corrected chi connectivity index (χ1v) is 6.44. The molecule has 0 radical (unpaired) electrons. The van der Waals surface area contributed by atoms with Crippen LogP contribution in [0.2, 0.25) is 0 Å². The van der Waals surface area contributed by atoms with Gasteiger partial charge in [-0.05, 0) is 13.2 Å². The zero-order valence-corrected chi connectivity index (χ0v) is 10.3. The Morgan fingerprint density at radius 1 is 1.53 bits per heavy atom. The highest BCUT2D eigenvalue weighted by molar-refractivity contribution is 7.98. The molecule has 0 saturated carbocycles. The summed E-state index contributed by atoms with van der Waals surface area (Å²) in [4.78, 5) is 8.49. The molecule has 15 heavy (non-hydrogen) atoms. The number of aryl methyl sites for hydroxylation is 1. The van der Waals surface area contributed by atoms with E-state index in [9.17, 15) is 0 Å². The molecule has 0 aliphatic rings. The normalized spacial score (nSPS) is 12.5. The van der Waals surface area contributed by atoms with Gasteiger partial charge in [0.1, 0.15) is 17.5 Å². The zero-order chi connectivity index (χ0) is 11.3. The molecule has 1 aromatic heterocycles. The number of thioether (sulfide) groups is 1. The molecule has 0 fully saturated rings. The summed E-state index contributed by atoms with van der Waals surface area (Å²) in [6, 6.07) is 2.16. The monoisotopic (exact) mass is 226 g/mol. The second-order valence-corrected chi connectivity index (χ2v) is 4.36. The lowest BCUT2D eigenvalue weighted by Gasteiger charge is -2.13. The van der Waals surface area contributed by atoms with E-state index in [4.69, 9.17) is 5.73 Å². The van der Waals surface area contributed by atoms with Crippen LogP contribution in [0.3, 0.4) is 0 Å². The third-order valence-electron chi connectivity index (χ3n) is 1.92. The lowest BCUT2D eigenvalue weighted by Crippen LogP contribution is -2.19. The predicted molar refractivity (Wildman–Crippen MR) is 67.3 cm³/mol. The van der Waals surface area contributed by atoms with Gasteiger partial charge in [-0.3, -0.25) is 0 Å². The number of nitrogen functional groups attached to an aromatic ring is 1. The quantitative estimate of drug-likeness (QED) is 0.801. The molecule has 5 heteroatoms. The van der Waals surface area contributed by atoms with Crippen LogP contribution in [0, 0.1) is 0 Å². The number of nitrogens with zero attached hydrogens (tertiary/aromatic N) is 2. The van der Waals surface area contributed by atoms with Crippen LogP contribution < -0.4 is 11.1 Å². The van der Waals surface area contributed by atoms with E-state index in [0.717, 1.165) is 23.8 Å². The van der Waals surface area contributed by atoms with Gasteiger partial charge in [-0.15, -0.1) is 0 Å². The second-order valence-electron chi connectivity index (χ2n) is 3.45. The average molecular weight is 226 g/mol. The van der Waals surface area contributed by atoms with Gasteiger partial charge >= 0.3 is 0 Å². The Hall–Kier alpha value is -0.970. The topological polar surface area (TPSA) is 63.8 Å². The van der Waals surface area contributed by atoms with Gasteiger partial charge in [-0.2, -0.15) is 11.8 Å². The number of anilines is 2. The number of hydrogen-bond acceptors (Lipinski definition) is 5. The standard InChI is InChI=1S/C10H18N4S/c1-4-9-13-8(11)5-10(14-9)12-7(2)6-15-3/h5,7H,4,6H2,1-3H3,(H3,11,12,13,14). The first kappa shape index (κ1) is 12.1. The van der Waals surface area contributed by atoms with E-state index >= 15 is 0 Å². The van der Waals surface area contributed by atoms with Crippen molar-refractivity contribution in [3.05, 3.63) is 11.9 Å². The molecule has 0 aliphatic carbocycles. The maximum atomic E-state index is 5.69. The molecule has 0 saturated heterocycles. The van der Waals surface area contributed by atoms with E-state index in [1.54, 1.807) is 17.8 Å². The average Bonchev–Trinajstić information content (AvgIpc) is 2.17. The molecule has 0 aliphatic heterocycles.